The molecule has 0 heterocycles. The molecule has 12 nitrogen and oxygen atoms in total. The van der Waals surface area contributed by atoms with Crippen LogP contribution in [0.25, 0.3) is 0 Å². The summed E-state index contributed by atoms with van der Waals surface area (Å²) in [7, 11) is -4.75. The number of ether oxygens (including phenoxy) is 2. The number of unbranched alkanes of at least 4 members (excludes halogenated alkanes) is 14. The standard InChI is InChI=1S/C40H70NO11P/c1-3-5-7-9-11-13-14-16-18-22-26-30-38(43)49-32-36(33-50-53(47,48)51-34-37(41)40(45)46)52-39(44)31-27-23-19-21-25-29-35(42)28-24-20-17-15-12-10-8-6-4-2/h12,15,19-21,24-25,29,35-37,42H,3-11,13-14,16-18,22-23,26-28,30-34,41H2,1-2H3,(H,45,46)(H,47,48)/b15-12-,21-19+,24-20-,29-25-/t35?,36-,37+/m1/s1. The third kappa shape index (κ3) is 34.9. The highest BCUT2D eigenvalue weighted by Gasteiger charge is 2.28. The minimum absolute atomic E-state index is 0.0263. The second-order valence-electron chi connectivity index (χ2n) is 13.3. The van der Waals surface area contributed by atoms with E-state index in [0.29, 0.717) is 25.7 Å². The van der Waals surface area contributed by atoms with Crippen LogP contribution in [0.4, 0.5) is 0 Å². The molecule has 5 N–H and O–H groups in total. The predicted octanol–water partition coefficient (Wildman–Crippen LogP) is 8.80. The molecule has 0 rings (SSSR count). The Morgan fingerprint density at radius 3 is 1.91 bits per heavy atom. The molecule has 0 bridgehead atoms. The van der Waals surface area contributed by atoms with Crippen LogP contribution in [0.1, 0.15) is 149 Å². The number of phosphoric ester groups is 1. The number of carboxylic acid groups (broad SMARTS) is 1. The molecule has 0 radical (unpaired) electrons. The van der Waals surface area contributed by atoms with Crippen molar-refractivity contribution in [2.75, 3.05) is 19.8 Å². The van der Waals surface area contributed by atoms with Crippen molar-refractivity contribution in [1.82, 2.24) is 0 Å². The predicted molar refractivity (Wildman–Crippen MR) is 209 cm³/mol. The van der Waals surface area contributed by atoms with Gasteiger partial charge >= 0.3 is 25.7 Å². The Labute approximate surface area is 318 Å². The van der Waals surface area contributed by atoms with Crippen LogP contribution in [0.2, 0.25) is 0 Å². The Hall–Kier alpha value is -2.60. The number of phosphoric acid groups is 1. The summed E-state index contributed by atoms with van der Waals surface area (Å²) in [6.45, 7) is 2.59. The summed E-state index contributed by atoms with van der Waals surface area (Å²) < 4.78 is 32.4. The fourth-order valence-corrected chi connectivity index (χ4v) is 5.74. The van der Waals surface area contributed by atoms with Gasteiger partial charge in [-0.1, -0.05) is 140 Å². The maximum absolute atomic E-state index is 12.6. The van der Waals surface area contributed by atoms with Gasteiger partial charge in [-0.3, -0.25) is 23.4 Å². The number of aliphatic hydroxyl groups is 1. The number of hydrogen-bond acceptors (Lipinski definition) is 10. The summed E-state index contributed by atoms with van der Waals surface area (Å²) in [6.07, 6.45) is 33.6. The molecule has 4 atom stereocenters. The van der Waals surface area contributed by atoms with Crippen LogP contribution in [0.3, 0.4) is 0 Å². The molecule has 13 heteroatoms. The van der Waals surface area contributed by atoms with Gasteiger partial charge in [0.2, 0.25) is 0 Å². The Bertz CT molecular complexity index is 1110. The van der Waals surface area contributed by atoms with E-state index in [-0.39, 0.29) is 12.8 Å². The van der Waals surface area contributed by atoms with Gasteiger partial charge in [0.1, 0.15) is 12.6 Å². The van der Waals surface area contributed by atoms with Gasteiger partial charge in [0.25, 0.3) is 0 Å². The number of carbonyl (C=O) groups excluding carboxylic acids is 2. The maximum atomic E-state index is 12.6. The number of esters is 2. The molecular formula is C40H70NO11P. The first-order chi connectivity index (χ1) is 25.5. The molecule has 2 unspecified atom stereocenters. The first-order valence-corrected chi connectivity index (χ1v) is 21.3. The number of nitrogens with two attached hydrogens (primary N) is 1. The van der Waals surface area contributed by atoms with E-state index < -0.39 is 63.8 Å². The highest BCUT2D eigenvalue weighted by molar-refractivity contribution is 7.47. The van der Waals surface area contributed by atoms with E-state index in [2.05, 4.69) is 30.5 Å². The Morgan fingerprint density at radius 2 is 1.25 bits per heavy atom. The van der Waals surface area contributed by atoms with Crippen molar-refractivity contribution in [2.45, 2.75) is 167 Å². The van der Waals surface area contributed by atoms with Crippen LogP contribution < -0.4 is 5.73 Å². The lowest BCUT2D eigenvalue weighted by Crippen LogP contribution is -2.34. The normalized spacial score (nSPS) is 15.0. The van der Waals surface area contributed by atoms with E-state index in [9.17, 15) is 28.9 Å². The highest BCUT2D eigenvalue weighted by Crippen LogP contribution is 2.43. The van der Waals surface area contributed by atoms with Gasteiger partial charge in [-0.2, -0.15) is 0 Å². The summed E-state index contributed by atoms with van der Waals surface area (Å²) >= 11 is 0. The van der Waals surface area contributed by atoms with Crippen molar-refractivity contribution in [3.8, 4) is 0 Å². The van der Waals surface area contributed by atoms with E-state index in [1.807, 2.05) is 18.2 Å². The van der Waals surface area contributed by atoms with Crippen LogP contribution >= 0.6 is 7.82 Å². The first-order valence-electron chi connectivity index (χ1n) is 19.8. The van der Waals surface area contributed by atoms with Crippen LogP contribution in [0.5, 0.6) is 0 Å². The number of carbonyl (C=O) groups is 3. The molecule has 53 heavy (non-hydrogen) atoms. The average molecular weight is 772 g/mol. The molecule has 306 valence electrons. The molecule has 0 aliphatic rings. The van der Waals surface area contributed by atoms with Crippen LogP contribution in [0.15, 0.2) is 48.6 Å². The summed E-state index contributed by atoms with van der Waals surface area (Å²) in [5.41, 5.74) is 5.31. The van der Waals surface area contributed by atoms with Gasteiger partial charge in [-0.05, 0) is 44.9 Å². The number of aliphatic hydroxyl groups excluding tert-OH is 1. The summed E-state index contributed by atoms with van der Waals surface area (Å²) in [5.74, 6) is -2.53. The van der Waals surface area contributed by atoms with Gasteiger partial charge in [-0.25, -0.2) is 4.57 Å². The number of allylic oxidation sites excluding steroid dienone is 6. The van der Waals surface area contributed by atoms with Gasteiger partial charge in [0.15, 0.2) is 6.10 Å². The third-order valence-electron chi connectivity index (χ3n) is 8.16. The van der Waals surface area contributed by atoms with E-state index in [4.69, 9.17) is 24.8 Å². The quantitative estimate of drug-likeness (QED) is 0.0156. The van der Waals surface area contributed by atoms with Crippen molar-refractivity contribution in [1.29, 1.82) is 0 Å². The highest BCUT2D eigenvalue weighted by atomic mass is 31.2. The van der Waals surface area contributed by atoms with Crippen LogP contribution in [-0.2, 0) is 37.5 Å². The van der Waals surface area contributed by atoms with E-state index in [1.54, 1.807) is 18.2 Å². The molecule has 0 aliphatic heterocycles. The molecule has 0 aliphatic carbocycles. The van der Waals surface area contributed by atoms with E-state index in [0.717, 1.165) is 32.1 Å². The third-order valence-corrected chi connectivity index (χ3v) is 9.11. The Balaban J connectivity index is 4.63. The smallest absolute Gasteiger partial charge is 0.472 e. The van der Waals surface area contributed by atoms with Gasteiger partial charge in [-0.15, -0.1) is 0 Å². The molecule has 0 aromatic carbocycles. The van der Waals surface area contributed by atoms with Gasteiger partial charge in [0.05, 0.1) is 19.3 Å². The number of carboxylic acids is 1. The van der Waals surface area contributed by atoms with Crippen molar-refractivity contribution in [2.24, 2.45) is 5.73 Å². The monoisotopic (exact) mass is 771 g/mol. The lowest BCUT2D eigenvalue weighted by atomic mass is 10.1. The number of hydrogen-bond donors (Lipinski definition) is 4. The zero-order valence-electron chi connectivity index (χ0n) is 32.5. The Kier molecular flexibility index (Phi) is 33.4. The van der Waals surface area contributed by atoms with Crippen LogP contribution in [0, 0.1) is 0 Å². The van der Waals surface area contributed by atoms with Crippen molar-refractivity contribution >= 4 is 25.7 Å². The molecule has 0 aromatic heterocycles. The first kappa shape index (κ1) is 50.4. The lowest BCUT2D eigenvalue weighted by molar-refractivity contribution is -0.161. The van der Waals surface area contributed by atoms with E-state index >= 15 is 0 Å². The second-order valence-corrected chi connectivity index (χ2v) is 14.7. The summed E-state index contributed by atoms with van der Waals surface area (Å²) in [6, 6.07) is -1.54. The zero-order chi connectivity index (χ0) is 39.4. The fraction of sp³-hybridized carbons (Fsp3) is 0.725. The SMILES string of the molecule is CCCCC/C=C\C/C=C\CC(O)/C=C\C=C\CCCC(=O)O[C@H](COC(=O)CCCCCCCCCCCCC)COP(=O)(O)OC[C@H](N)C(=O)O. The minimum atomic E-state index is -4.75. The maximum Gasteiger partial charge on any atom is 0.472 e. The molecule has 0 fully saturated rings. The summed E-state index contributed by atoms with van der Waals surface area (Å²) in [4.78, 5) is 45.7. The molecule has 0 amide bonds. The van der Waals surface area contributed by atoms with E-state index in [1.165, 1.54) is 64.2 Å². The topological polar surface area (TPSA) is 192 Å². The molecule has 0 saturated carbocycles. The van der Waals surface area contributed by atoms with Crippen molar-refractivity contribution in [3.05, 3.63) is 48.6 Å². The van der Waals surface area contributed by atoms with Gasteiger partial charge < -0.3 is 30.3 Å². The molecule has 0 aromatic rings. The molecular weight excluding hydrogens is 701 g/mol. The van der Waals surface area contributed by atoms with Gasteiger partial charge in [0, 0.05) is 12.8 Å². The fourth-order valence-electron chi connectivity index (χ4n) is 4.96. The molecule has 0 saturated heterocycles. The minimum Gasteiger partial charge on any atom is -0.480 e. The summed E-state index contributed by atoms with van der Waals surface area (Å²) in [5, 5.41) is 19.0. The van der Waals surface area contributed by atoms with Crippen molar-refractivity contribution in [3.63, 3.8) is 0 Å². The van der Waals surface area contributed by atoms with Crippen molar-refractivity contribution < 1.29 is 52.6 Å². The van der Waals surface area contributed by atoms with Crippen LogP contribution in [-0.4, -0.2) is 71.1 Å². The lowest BCUT2D eigenvalue weighted by Gasteiger charge is -2.20. The average Bonchev–Trinajstić information content (AvgIpc) is 3.12. The number of aliphatic carboxylic acids is 1. The molecule has 0 spiro atoms. The number of rotatable bonds is 36. The zero-order valence-corrected chi connectivity index (χ0v) is 33.3. The Morgan fingerprint density at radius 1 is 0.679 bits per heavy atom. The largest absolute Gasteiger partial charge is 0.480 e. The second kappa shape index (κ2) is 35.1.